The lowest BCUT2D eigenvalue weighted by molar-refractivity contribution is -0.136. The molecule has 0 saturated heterocycles. The summed E-state index contributed by atoms with van der Waals surface area (Å²) in [6.45, 7) is 5.93. The number of aromatic nitrogens is 2. The Bertz CT molecular complexity index is 1390. The van der Waals surface area contributed by atoms with Crippen LogP contribution >= 0.6 is 0 Å². The summed E-state index contributed by atoms with van der Waals surface area (Å²) < 4.78 is 5.87. The Morgan fingerprint density at radius 1 is 1.19 bits per heavy atom. The van der Waals surface area contributed by atoms with Crippen molar-refractivity contribution < 1.29 is 19.7 Å². The third-order valence-electron chi connectivity index (χ3n) is 6.12. The monoisotopic (exact) mass is 428 g/mol. The molecule has 32 heavy (non-hydrogen) atoms. The first-order valence-corrected chi connectivity index (χ1v) is 10.7. The van der Waals surface area contributed by atoms with Crippen molar-refractivity contribution in [1.82, 2.24) is 9.97 Å². The van der Waals surface area contributed by atoms with E-state index in [4.69, 9.17) is 9.72 Å². The van der Waals surface area contributed by atoms with E-state index in [0.29, 0.717) is 17.8 Å². The fourth-order valence-electron chi connectivity index (χ4n) is 4.58. The van der Waals surface area contributed by atoms with E-state index in [1.807, 2.05) is 37.3 Å². The number of carboxylic acids is 1. The molecule has 5 rings (SSSR count). The number of hydrogen-bond donors (Lipinski definition) is 2. The molecule has 0 saturated carbocycles. The van der Waals surface area contributed by atoms with E-state index in [0.717, 1.165) is 50.7 Å². The average Bonchev–Trinajstić information content (AvgIpc) is 2.74. The predicted molar refractivity (Wildman–Crippen MR) is 123 cm³/mol. The first-order valence-electron chi connectivity index (χ1n) is 10.7. The molecule has 0 spiro atoms. The van der Waals surface area contributed by atoms with Gasteiger partial charge < -0.3 is 14.9 Å². The van der Waals surface area contributed by atoms with Crippen LogP contribution < -0.4 is 4.74 Å². The predicted octanol–water partition coefficient (Wildman–Crippen LogP) is 4.55. The minimum Gasteiger partial charge on any atom is -0.493 e. The van der Waals surface area contributed by atoms with E-state index in [1.54, 1.807) is 26.1 Å². The number of pyridine rings is 2. The van der Waals surface area contributed by atoms with Crippen molar-refractivity contribution in [3.63, 3.8) is 0 Å². The van der Waals surface area contributed by atoms with Gasteiger partial charge in [-0.15, -0.1) is 0 Å². The van der Waals surface area contributed by atoms with Crippen molar-refractivity contribution in [2.24, 2.45) is 0 Å². The van der Waals surface area contributed by atoms with Crippen LogP contribution in [0.2, 0.25) is 0 Å². The second-order valence-corrected chi connectivity index (χ2v) is 8.84. The van der Waals surface area contributed by atoms with Gasteiger partial charge in [0.2, 0.25) is 0 Å². The minimum atomic E-state index is -1.08. The quantitative estimate of drug-likeness (QED) is 0.495. The number of aliphatic carboxylic acids is 1. The number of aryl methyl sites for hydroxylation is 1. The molecular formula is C26H24N2O4. The third kappa shape index (κ3) is 3.28. The van der Waals surface area contributed by atoms with Crippen LogP contribution in [0.25, 0.3) is 32.9 Å². The van der Waals surface area contributed by atoms with Crippen LogP contribution in [0, 0.1) is 6.92 Å². The van der Waals surface area contributed by atoms with Gasteiger partial charge in [-0.2, -0.15) is 0 Å². The lowest BCUT2D eigenvalue weighted by Gasteiger charge is -2.22. The van der Waals surface area contributed by atoms with Gasteiger partial charge in [-0.25, -0.2) is 4.98 Å². The number of aliphatic hydroxyl groups is 1. The highest BCUT2D eigenvalue weighted by Crippen LogP contribution is 2.42. The molecule has 2 aromatic heterocycles. The SMILES string of the molecule is Cc1cc2nc(C(C)(C)O)ccc2c(-c2ccc3c4c(ccnc24)CCO3)c1CC(=O)O. The van der Waals surface area contributed by atoms with E-state index in [-0.39, 0.29) is 6.42 Å². The van der Waals surface area contributed by atoms with Crippen molar-refractivity contribution in [2.45, 2.75) is 39.2 Å². The minimum absolute atomic E-state index is 0.107. The van der Waals surface area contributed by atoms with E-state index in [2.05, 4.69) is 4.98 Å². The fraction of sp³-hybridized carbons (Fsp3) is 0.269. The second kappa shape index (κ2) is 7.28. The molecule has 3 heterocycles. The molecule has 0 amide bonds. The van der Waals surface area contributed by atoms with Gasteiger partial charge in [0.15, 0.2) is 0 Å². The molecule has 1 aliphatic heterocycles. The lowest BCUT2D eigenvalue weighted by atomic mass is 9.87. The molecule has 2 aromatic carbocycles. The van der Waals surface area contributed by atoms with Crippen LogP contribution in [-0.4, -0.2) is 32.8 Å². The van der Waals surface area contributed by atoms with Gasteiger partial charge in [-0.1, -0.05) is 6.07 Å². The van der Waals surface area contributed by atoms with Crippen molar-refractivity contribution in [3.8, 4) is 16.9 Å². The number of ether oxygens (including phenoxy) is 1. The number of rotatable bonds is 4. The van der Waals surface area contributed by atoms with Crippen LogP contribution in [0.4, 0.5) is 0 Å². The molecule has 0 bridgehead atoms. The van der Waals surface area contributed by atoms with Gasteiger partial charge in [-0.3, -0.25) is 9.78 Å². The van der Waals surface area contributed by atoms with E-state index in [9.17, 15) is 15.0 Å². The largest absolute Gasteiger partial charge is 0.493 e. The summed E-state index contributed by atoms with van der Waals surface area (Å²) in [6, 6.07) is 11.5. The molecule has 0 fully saturated rings. The van der Waals surface area contributed by atoms with Gasteiger partial charge in [0.25, 0.3) is 0 Å². The van der Waals surface area contributed by atoms with Crippen LogP contribution in [0.3, 0.4) is 0 Å². The molecule has 2 N–H and O–H groups in total. The molecule has 4 aromatic rings. The van der Waals surface area contributed by atoms with Gasteiger partial charge >= 0.3 is 5.97 Å². The maximum Gasteiger partial charge on any atom is 0.307 e. The normalized spacial score (nSPS) is 13.4. The smallest absolute Gasteiger partial charge is 0.307 e. The number of fused-ring (bicyclic) bond motifs is 1. The first kappa shape index (κ1) is 20.4. The number of nitrogens with zero attached hydrogens (tertiary/aromatic N) is 2. The number of benzene rings is 2. The molecule has 0 aliphatic carbocycles. The zero-order valence-corrected chi connectivity index (χ0v) is 18.3. The van der Waals surface area contributed by atoms with Gasteiger partial charge in [0.1, 0.15) is 11.4 Å². The lowest BCUT2D eigenvalue weighted by Crippen LogP contribution is -2.17. The molecule has 0 atom stereocenters. The summed E-state index contributed by atoms with van der Waals surface area (Å²) in [5.41, 5.74) is 5.42. The first-order chi connectivity index (χ1) is 15.2. The third-order valence-corrected chi connectivity index (χ3v) is 6.12. The Morgan fingerprint density at radius 3 is 2.75 bits per heavy atom. The molecule has 1 aliphatic rings. The summed E-state index contributed by atoms with van der Waals surface area (Å²) in [4.78, 5) is 21.2. The second-order valence-electron chi connectivity index (χ2n) is 8.84. The Labute approximate surface area is 185 Å². The van der Waals surface area contributed by atoms with E-state index >= 15 is 0 Å². The Hall–Kier alpha value is -3.51. The zero-order chi connectivity index (χ0) is 22.6. The van der Waals surface area contributed by atoms with Crippen molar-refractivity contribution in [2.75, 3.05) is 6.61 Å². The van der Waals surface area contributed by atoms with Crippen molar-refractivity contribution in [1.29, 1.82) is 0 Å². The molecule has 162 valence electrons. The maximum atomic E-state index is 11.8. The highest BCUT2D eigenvalue weighted by Gasteiger charge is 2.24. The van der Waals surface area contributed by atoms with Crippen molar-refractivity contribution >= 4 is 27.8 Å². The van der Waals surface area contributed by atoms with Crippen LogP contribution in [0.1, 0.15) is 36.2 Å². The summed E-state index contributed by atoms with van der Waals surface area (Å²) in [6.07, 6.45) is 2.50. The fourth-order valence-corrected chi connectivity index (χ4v) is 4.58. The number of carbonyl (C=O) groups is 1. The Balaban J connectivity index is 1.89. The Kier molecular flexibility index (Phi) is 4.64. The number of hydrogen-bond acceptors (Lipinski definition) is 5. The molecule has 6 nitrogen and oxygen atoms in total. The van der Waals surface area contributed by atoms with Gasteiger partial charge in [-0.05, 0) is 73.4 Å². The summed E-state index contributed by atoms with van der Waals surface area (Å²) in [7, 11) is 0. The summed E-state index contributed by atoms with van der Waals surface area (Å²) >= 11 is 0. The van der Waals surface area contributed by atoms with Gasteiger partial charge in [0, 0.05) is 29.0 Å². The number of carboxylic acid groups (broad SMARTS) is 1. The van der Waals surface area contributed by atoms with Gasteiger partial charge in [0.05, 0.1) is 29.8 Å². The molecule has 0 unspecified atom stereocenters. The highest BCUT2D eigenvalue weighted by molar-refractivity contribution is 6.07. The molecule has 6 heteroatoms. The Morgan fingerprint density at radius 2 is 2.00 bits per heavy atom. The average molecular weight is 428 g/mol. The molecular weight excluding hydrogens is 404 g/mol. The van der Waals surface area contributed by atoms with Crippen LogP contribution in [0.5, 0.6) is 5.75 Å². The van der Waals surface area contributed by atoms with E-state index in [1.165, 1.54) is 5.56 Å². The topological polar surface area (TPSA) is 92.5 Å². The molecule has 0 radical (unpaired) electrons. The zero-order valence-electron chi connectivity index (χ0n) is 18.3. The standard InChI is InChI=1S/C26H24N2O4/c1-14-12-19-16(5-7-21(28-19)26(2,3)31)24(18(14)13-22(29)30)17-4-6-20-23-15(9-11-32-20)8-10-27-25(17)23/h4-8,10,12,31H,9,11,13H2,1-3H3,(H,29,30). The maximum absolute atomic E-state index is 11.8. The van der Waals surface area contributed by atoms with Crippen LogP contribution in [-0.2, 0) is 23.2 Å². The van der Waals surface area contributed by atoms with E-state index < -0.39 is 11.6 Å². The summed E-state index contributed by atoms with van der Waals surface area (Å²) in [5, 5.41) is 21.9. The highest BCUT2D eigenvalue weighted by atomic mass is 16.5. The van der Waals surface area contributed by atoms with Crippen LogP contribution in [0.15, 0.2) is 42.6 Å². The summed E-state index contributed by atoms with van der Waals surface area (Å²) in [5.74, 6) is -0.0916. The van der Waals surface area contributed by atoms with Crippen molar-refractivity contribution in [3.05, 3.63) is 65.0 Å².